The Kier molecular flexibility index (Phi) is 5.68. The molecule has 2 N–H and O–H groups in total. The predicted octanol–water partition coefficient (Wildman–Crippen LogP) is 2.71. The van der Waals surface area contributed by atoms with E-state index in [1.54, 1.807) is 7.11 Å². The van der Waals surface area contributed by atoms with E-state index >= 15 is 0 Å². The lowest BCUT2D eigenvalue weighted by atomic mass is 9.96. The van der Waals surface area contributed by atoms with E-state index in [-0.39, 0.29) is 6.10 Å². The van der Waals surface area contributed by atoms with Gasteiger partial charge in [-0.15, -0.1) is 0 Å². The van der Waals surface area contributed by atoms with Crippen LogP contribution in [0.2, 0.25) is 0 Å². The van der Waals surface area contributed by atoms with Crippen molar-refractivity contribution in [2.45, 2.75) is 38.2 Å². The largest absolute Gasteiger partial charge is 0.493 e. The number of benzene rings is 1. The van der Waals surface area contributed by atoms with E-state index in [4.69, 9.17) is 19.9 Å². The Labute approximate surface area is 121 Å². The van der Waals surface area contributed by atoms with Crippen LogP contribution >= 0.6 is 0 Å². The smallest absolute Gasteiger partial charge is 0.165 e. The van der Waals surface area contributed by atoms with Crippen molar-refractivity contribution in [3.05, 3.63) is 23.8 Å². The molecule has 2 rings (SSSR count). The minimum atomic E-state index is 0.115. The van der Waals surface area contributed by atoms with Gasteiger partial charge in [-0.1, -0.05) is 19.1 Å². The molecule has 1 fully saturated rings. The van der Waals surface area contributed by atoms with Crippen molar-refractivity contribution in [3.63, 3.8) is 0 Å². The zero-order valence-electron chi connectivity index (χ0n) is 12.4. The quantitative estimate of drug-likeness (QED) is 0.870. The molecule has 20 heavy (non-hydrogen) atoms. The second-order valence-corrected chi connectivity index (χ2v) is 5.31. The van der Waals surface area contributed by atoms with Gasteiger partial charge in [-0.05, 0) is 37.8 Å². The summed E-state index contributed by atoms with van der Waals surface area (Å²) < 4.78 is 17.1. The second kappa shape index (κ2) is 7.50. The Morgan fingerprint density at radius 2 is 2.30 bits per heavy atom. The fraction of sp³-hybridized carbons (Fsp3) is 0.625. The van der Waals surface area contributed by atoms with Crippen LogP contribution in [0.3, 0.4) is 0 Å². The topological polar surface area (TPSA) is 53.7 Å². The third kappa shape index (κ3) is 3.64. The van der Waals surface area contributed by atoms with E-state index in [2.05, 4.69) is 13.0 Å². The standard InChI is InChI=1S/C16H25NO3/c1-12(8-9-17)14-6-3-7-15(18-2)16(14)20-13-5-4-10-19-11-13/h3,6-7,12-13H,4-5,8-11,17H2,1-2H3. The SMILES string of the molecule is COc1cccc(C(C)CCN)c1OC1CCCOC1. The molecular weight excluding hydrogens is 254 g/mol. The molecule has 0 aromatic heterocycles. The molecule has 4 heteroatoms. The molecule has 0 radical (unpaired) electrons. The molecule has 1 aromatic carbocycles. The molecule has 2 unspecified atom stereocenters. The van der Waals surface area contributed by atoms with Crippen molar-refractivity contribution in [1.29, 1.82) is 0 Å². The number of ether oxygens (including phenoxy) is 3. The highest BCUT2D eigenvalue weighted by Crippen LogP contribution is 2.38. The highest BCUT2D eigenvalue weighted by atomic mass is 16.5. The molecule has 1 aliphatic heterocycles. The Balaban J connectivity index is 2.22. The van der Waals surface area contributed by atoms with Crippen LogP contribution in [0.4, 0.5) is 0 Å². The Hall–Kier alpha value is -1.26. The summed E-state index contributed by atoms with van der Waals surface area (Å²) in [4.78, 5) is 0. The van der Waals surface area contributed by atoms with Crippen molar-refractivity contribution in [2.75, 3.05) is 26.9 Å². The molecule has 1 aliphatic rings. The van der Waals surface area contributed by atoms with Crippen LogP contribution in [0, 0.1) is 0 Å². The number of nitrogens with two attached hydrogens (primary N) is 1. The van der Waals surface area contributed by atoms with Crippen LogP contribution in [-0.4, -0.2) is 33.0 Å². The van der Waals surface area contributed by atoms with Crippen molar-refractivity contribution >= 4 is 0 Å². The van der Waals surface area contributed by atoms with E-state index in [1.807, 2.05) is 12.1 Å². The van der Waals surface area contributed by atoms with Crippen molar-refractivity contribution in [1.82, 2.24) is 0 Å². The van der Waals surface area contributed by atoms with Gasteiger partial charge in [0.25, 0.3) is 0 Å². The van der Waals surface area contributed by atoms with Gasteiger partial charge < -0.3 is 19.9 Å². The van der Waals surface area contributed by atoms with Gasteiger partial charge in [0.2, 0.25) is 0 Å². The van der Waals surface area contributed by atoms with Crippen LogP contribution in [0.15, 0.2) is 18.2 Å². The van der Waals surface area contributed by atoms with Gasteiger partial charge >= 0.3 is 0 Å². The van der Waals surface area contributed by atoms with Gasteiger partial charge in [0.15, 0.2) is 11.5 Å². The lowest BCUT2D eigenvalue weighted by Gasteiger charge is -2.26. The molecule has 2 atom stereocenters. The molecule has 112 valence electrons. The van der Waals surface area contributed by atoms with Crippen molar-refractivity contribution in [3.8, 4) is 11.5 Å². The first-order chi connectivity index (χ1) is 9.76. The van der Waals surface area contributed by atoms with Crippen LogP contribution in [-0.2, 0) is 4.74 Å². The number of para-hydroxylation sites is 1. The van der Waals surface area contributed by atoms with Crippen LogP contribution < -0.4 is 15.2 Å². The maximum atomic E-state index is 6.19. The zero-order chi connectivity index (χ0) is 14.4. The number of hydrogen-bond donors (Lipinski definition) is 1. The maximum Gasteiger partial charge on any atom is 0.165 e. The molecule has 0 saturated carbocycles. The highest BCUT2D eigenvalue weighted by Gasteiger charge is 2.21. The van der Waals surface area contributed by atoms with Gasteiger partial charge in [0.1, 0.15) is 6.10 Å². The maximum absolute atomic E-state index is 6.19. The number of methoxy groups -OCH3 is 1. The average Bonchev–Trinajstić information content (AvgIpc) is 2.48. The minimum Gasteiger partial charge on any atom is -0.493 e. The Bertz CT molecular complexity index is 416. The lowest BCUT2D eigenvalue weighted by molar-refractivity contribution is 0.00590. The summed E-state index contributed by atoms with van der Waals surface area (Å²) in [5.74, 6) is 2.00. The van der Waals surface area contributed by atoms with E-state index in [0.29, 0.717) is 19.1 Å². The first-order valence-corrected chi connectivity index (χ1v) is 7.37. The van der Waals surface area contributed by atoms with Gasteiger partial charge in [0, 0.05) is 12.2 Å². The van der Waals surface area contributed by atoms with Gasteiger partial charge in [-0.3, -0.25) is 0 Å². The molecule has 0 amide bonds. The fourth-order valence-corrected chi connectivity index (χ4v) is 2.58. The molecule has 1 heterocycles. The first-order valence-electron chi connectivity index (χ1n) is 7.37. The molecule has 1 aromatic rings. The third-order valence-corrected chi connectivity index (χ3v) is 3.76. The van der Waals surface area contributed by atoms with E-state index < -0.39 is 0 Å². The summed E-state index contributed by atoms with van der Waals surface area (Å²) in [5.41, 5.74) is 6.85. The summed E-state index contributed by atoms with van der Waals surface area (Å²) in [7, 11) is 1.68. The fourth-order valence-electron chi connectivity index (χ4n) is 2.58. The van der Waals surface area contributed by atoms with E-state index in [0.717, 1.165) is 37.4 Å². The normalized spacial score (nSPS) is 20.4. The number of hydrogen-bond acceptors (Lipinski definition) is 4. The number of rotatable bonds is 6. The molecule has 1 saturated heterocycles. The molecule has 0 spiro atoms. The first kappa shape index (κ1) is 15.1. The summed E-state index contributed by atoms with van der Waals surface area (Å²) in [6, 6.07) is 6.05. The molecule has 0 bridgehead atoms. The second-order valence-electron chi connectivity index (χ2n) is 5.31. The van der Waals surface area contributed by atoms with E-state index in [1.165, 1.54) is 5.56 Å². The minimum absolute atomic E-state index is 0.115. The average molecular weight is 279 g/mol. The summed E-state index contributed by atoms with van der Waals surface area (Å²) in [6.07, 6.45) is 3.13. The Morgan fingerprint density at radius 3 is 2.95 bits per heavy atom. The molecule has 4 nitrogen and oxygen atoms in total. The third-order valence-electron chi connectivity index (χ3n) is 3.76. The molecule has 0 aliphatic carbocycles. The van der Waals surface area contributed by atoms with Gasteiger partial charge in [-0.25, -0.2) is 0 Å². The van der Waals surface area contributed by atoms with Gasteiger partial charge in [0.05, 0.1) is 13.7 Å². The van der Waals surface area contributed by atoms with Crippen LogP contribution in [0.5, 0.6) is 11.5 Å². The lowest BCUT2D eigenvalue weighted by Crippen LogP contribution is -2.28. The highest BCUT2D eigenvalue weighted by molar-refractivity contribution is 5.48. The monoisotopic (exact) mass is 279 g/mol. The van der Waals surface area contributed by atoms with Crippen molar-refractivity contribution in [2.24, 2.45) is 5.73 Å². The summed E-state index contributed by atoms with van der Waals surface area (Å²) >= 11 is 0. The van der Waals surface area contributed by atoms with Gasteiger partial charge in [-0.2, -0.15) is 0 Å². The Morgan fingerprint density at radius 1 is 1.45 bits per heavy atom. The van der Waals surface area contributed by atoms with E-state index in [9.17, 15) is 0 Å². The summed E-state index contributed by atoms with van der Waals surface area (Å²) in [6.45, 7) is 4.33. The van der Waals surface area contributed by atoms with Crippen LogP contribution in [0.1, 0.15) is 37.7 Å². The van der Waals surface area contributed by atoms with Crippen molar-refractivity contribution < 1.29 is 14.2 Å². The van der Waals surface area contributed by atoms with Crippen LogP contribution in [0.25, 0.3) is 0 Å². The molecular formula is C16H25NO3. The summed E-state index contributed by atoms with van der Waals surface area (Å²) in [5, 5.41) is 0. The predicted molar refractivity (Wildman–Crippen MR) is 79.5 cm³/mol. The zero-order valence-corrected chi connectivity index (χ0v) is 12.4.